The Hall–Kier alpha value is -2.33. The maximum atomic E-state index is 12.9. The van der Waals surface area contributed by atoms with E-state index in [1.165, 1.54) is 23.5 Å². The average molecular weight is 424 g/mol. The number of nitrogens with zero attached hydrogens (tertiary/aromatic N) is 2. The first kappa shape index (κ1) is 20.4. The monoisotopic (exact) mass is 423 g/mol. The number of nitrogens with one attached hydrogen (secondary N) is 1. The molecule has 2 aromatic rings. The van der Waals surface area contributed by atoms with Crippen LogP contribution in [0.25, 0.3) is 0 Å². The number of thiol groups is 1. The molecule has 1 aliphatic rings. The van der Waals surface area contributed by atoms with E-state index in [9.17, 15) is 23.3 Å². The molecule has 0 aliphatic heterocycles. The molecule has 1 aromatic carbocycles. The second kappa shape index (κ2) is 9.24. The molecule has 1 amide bonds. The van der Waals surface area contributed by atoms with Crippen molar-refractivity contribution in [2.75, 3.05) is 5.32 Å². The molecule has 8 nitrogen and oxygen atoms in total. The molecule has 3 rings (SSSR count). The fraction of sp³-hybridized carbons (Fsp3) is 0.444. The SMILES string of the molecule is O=C(Nc1nccs1)C(CC1CCCC1)c1ccc(C[SH](=O)=O)c([N+](=O)[O-])c1. The van der Waals surface area contributed by atoms with Crippen LogP contribution in [0.1, 0.15) is 49.1 Å². The molecule has 1 aromatic heterocycles. The minimum atomic E-state index is -2.78. The summed E-state index contributed by atoms with van der Waals surface area (Å²) in [6, 6.07) is 4.41. The second-order valence-corrected chi connectivity index (χ2v) is 8.78. The largest absolute Gasteiger partial charge is 0.301 e. The predicted octanol–water partition coefficient (Wildman–Crippen LogP) is 3.47. The Bertz CT molecular complexity index is 913. The molecule has 1 saturated carbocycles. The number of amides is 1. The highest BCUT2D eigenvalue weighted by atomic mass is 32.2. The highest BCUT2D eigenvalue weighted by Gasteiger charge is 2.29. The van der Waals surface area contributed by atoms with Gasteiger partial charge in [-0.15, -0.1) is 11.3 Å². The highest BCUT2D eigenvalue weighted by molar-refractivity contribution is 7.71. The van der Waals surface area contributed by atoms with Crippen molar-refractivity contribution in [1.82, 2.24) is 4.98 Å². The van der Waals surface area contributed by atoms with Gasteiger partial charge in [-0.2, -0.15) is 0 Å². The second-order valence-electron chi connectivity index (χ2n) is 6.90. The maximum absolute atomic E-state index is 12.9. The van der Waals surface area contributed by atoms with Crippen LogP contribution in [0.4, 0.5) is 10.8 Å². The molecule has 1 fully saturated rings. The van der Waals surface area contributed by atoms with Crippen molar-refractivity contribution in [3.05, 3.63) is 51.0 Å². The number of carbonyl (C=O) groups is 1. The summed E-state index contributed by atoms with van der Waals surface area (Å²) in [5, 5.41) is 16.5. The molecule has 0 radical (unpaired) electrons. The quantitative estimate of drug-likeness (QED) is 0.381. The number of anilines is 1. The van der Waals surface area contributed by atoms with E-state index >= 15 is 0 Å². The molecule has 0 saturated heterocycles. The summed E-state index contributed by atoms with van der Waals surface area (Å²) >= 11 is 1.31. The van der Waals surface area contributed by atoms with Gasteiger partial charge in [0.1, 0.15) is 10.7 Å². The van der Waals surface area contributed by atoms with Crippen molar-refractivity contribution >= 4 is 38.8 Å². The van der Waals surface area contributed by atoms with Crippen molar-refractivity contribution in [2.24, 2.45) is 5.92 Å². The summed E-state index contributed by atoms with van der Waals surface area (Å²) in [6.45, 7) is 0. The molecule has 0 spiro atoms. The molecule has 28 heavy (non-hydrogen) atoms. The van der Waals surface area contributed by atoms with E-state index in [-0.39, 0.29) is 17.2 Å². The van der Waals surface area contributed by atoms with E-state index < -0.39 is 27.3 Å². The molecule has 150 valence electrons. The Morgan fingerprint density at radius 1 is 1.36 bits per heavy atom. The summed E-state index contributed by atoms with van der Waals surface area (Å²) in [5.74, 6) is -0.814. The van der Waals surface area contributed by atoms with Crippen LogP contribution >= 0.6 is 11.3 Å². The standard InChI is InChI=1S/C18H21N3O5S2/c22-17(20-18-19-7-8-27-18)15(9-12-3-1-2-4-12)13-5-6-14(11-28(25)26)16(10-13)21(23)24/h5-8,10,12,15,28H,1-4,9,11H2,(H,19,20,22). The Balaban J connectivity index is 1.92. The van der Waals surface area contributed by atoms with Crippen LogP contribution in [0.15, 0.2) is 29.8 Å². The molecule has 1 aliphatic carbocycles. The first-order valence-electron chi connectivity index (χ1n) is 9.03. The molecule has 1 atom stereocenters. The van der Waals surface area contributed by atoms with Gasteiger partial charge in [0.05, 0.1) is 16.6 Å². The molecule has 1 N–H and O–H groups in total. The van der Waals surface area contributed by atoms with Crippen LogP contribution in [0.5, 0.6) is 0 Å². The number of aromatic nitrogens is 1. The summed E-state index contributed by atoms with van der Waals surface area (Å²) in [6.07, 6.45) is 6.53. The number of rotatable bonds is 8. The summed E-state index contributed by atoms with van der Waals surface area (Å²) in [5.41, 5.74) is 0.387. The van der Waals surface area contributed by atoms with Gasteiger partial charge in [-0.3, -0.25) is 14.9 Å². The van der Waals surface area contributed by atoms with E-state index in [0.29, 0.717) is 23.0 Å². The molecular formula is C18H21N3O5S2. The topological polar surface area (TPSA) is 119 Å². The van der Waals surface area contributed by atoms with Crippen LogP contribution < -0.4 is 5.32 Å². The number of nitro benzene ring substituents is 1. The smallest absolute Gasteiger partial charge is 0.273 e. The van der Waals surface area contributed by atoms with Crippen molar-refractivity contribution in [1.29, 1.82) is 0 Å². The van der Waals surface area contributed by atoms with Crippen molar-refractivity contribution in [2.45, 2.75) is 43.8 Å². The Kier molecular flexibility index (Phi) is 6.74. The summed E-state index contributed by atoms with van der Waals surface area (Å²) < 4.78 is 22.0. The lowest BCUT2D eigenvalue weighted by molar-refractivity contribution is -0.385. The van der Waals surface area contributed by atoms with Crippen LogP contribution in [-0.4, -0.2) is 24.2 Å². The third kappa shape index (κ3) is 5.14. The van der Waals surface area contributed by atoms with E-state index in [1.807, 2.05) is 0 Å². The number of benzene rings is 1. The molecule has 1 heterocycles. The lowest BCUT2D eigenvalue weighted by Crippen LogP contribution is -2.23. The zero-order valence-electron chi connectivity index (χ0n) is 15.1. The van der Waals surface area contributed by atoms with E-state index in [2.05, 4.69) is 10.3 Å². The Labute approximate surface area is 168 Å². The maximum Gasteiger partial charge on any atom is 0.273 e. The fourth-order valence-corrected chi connectivity index (χ4v) is 4.77. The number of nitro groups is 1. The van der Waals surface area contributed by atoms with Gasteiger partial charge >= 0.3 is 0 Å². The number of hydrogen-bond acceptors (Lipinski definition) is 7. The molecule has 1 unspecified atom stereocenters. The Morgan fingerprint density at radius 3 is 2.71 bits per heavy atom. The van der Waals surface area contributed by atoms with Gasteiger partial charge < -0.3 is 5.32 Å². The van der Waals surface area contributed by atoms with Crippen LogP contribution in [-0.2, 0) is 21.3 Å². The molecular weight excluding hydrogens is 402 g/mol. The minimum Gasteiger partial charge on any atom is -0.301 e. The van der Waals surface area contributed by atoms with Gasteiger partial charge in [0.15, 0.2) is 5.13 Å². The Morgan fingerprint density at radius 2 is 2.11 bits per heavy atom. The predicted molar refractivity (Wildman–Crippen MR) is 107 cm³/mol. The van der Waals surface area contributed by atoms with E-state index in [0.717, 1.165) is 25.7 Å². The van der Waals surface area contributed by atoms with Gasteiger partial charge in [-0.25, -0.2) is 13.4 Å². The highest BCUT2D eigenvalue weighted by Crippen LogP contribution is 2.36. The van der Waals surface area contributed by atoms with Crippen LogP contribution in [0, 0.1) is 16.0 Å². The van der Waals surface area contributed by atoms with Crippen LogP contribution in [0.2, 0.25) is 0 Å². The van der Waals surface area contributed by atoms with Gasteiger partial charge in [0.25, 0.3) is 5.69 Å². The third-order valence-corrected chi connectivity index (χ3v) is 6.32. The molecule has 0 bridgehead atoms. The zero-order valence-corrected chi connectivity index (χ0v) is 16.8. The first-order chi connectivity index (χ1) is 13.4. The van der Waals surface area contributed by atoms with Gasteiger partial charge in [0, 0.05) is 23.2 Å². The number of thiazole rings is 1. The summed E-state index contributed by atoms with van der Waals surface area (Å²) in [4.78, 5) is 27.9. The van der Waals surface area contributed by atoms with Gasteiger partial charge in [-0.05, 0) is 17.9 Å². The number of hydrogen-bond donors (Lipinski definition) is 2. The molecule has 10 heteroatoms. The van der Waals surface area contributed by atoms with Gasteiger partial charge in [-0.1, -0.05) is 37.8 Å². The average Bonchev–Trinajstić information content (AvgIpc) is 3.33. The van der Waals surface area contributed by atoms with E-state index in [4.69, 9.17) is 0 Å². The van der Waals surface area contributed by atoms with Crippen molar-refractivity contribution < 1.29 is 18.1 Å². The van der Waals surface area contributed by atoms with Crippen LogP contribution in [0.3, 0.4) is 0 Å². The lowest BCUT2D eigenvalue weighted by atomic mass is 9.86. The van der Waals surface area contributed by atoms with Gasteiger partial charge in [0.2, 0.25) is 5.91 Å². The third-order valence-electron chi connectivity index (χ3n) is 5.03. The first-order valence-corrected chi connectivity index (χ1v) is 11.3. The zero-order chi connectivity index (χ0) is 20.1. The normalized spacial score (nSPS) is 15.6. The lowest BCUT2D eigenvalue weighted by Gasteiger charge is -2.20. The van der Waals surface area contributed by atoms with E-state index in [1.54, 1.807) is 17.6 Å². The summed E-state index contributed by atoms with van der Waals surface area (Å²) in [7, 11) is -2.78. The minimum absolute atomic E-state index is 0.129. The van der Waals surface area contributed by atoms with Crippen molar-refractivity contribution in [3.63, 3.8) is 0 Å². The fourth-order valence-electron chi connectivity index (χ4n) is 3.69. The number of carbonyl (C=O) groups excluding carboxylic acids is 1. The van der Waals surface area contributed by atoms with Crippen molar-refractivity contribution in [3.8, 4) is 0 Å².